The summed E-state index contributed by atoms with van der Waals surface area (Å²) in [5.41, 5.74) is 5.14. The highest BCUT2D eigenvalue weighted by Crippen LogP contribution is 2.54. The number of nitrogens with zero attached hydrogens (tertiary/aromatic N) is 1. The number of carbonyl (C=O) groups excluding carboxylic acids is 2. The molecule has 2 aliphatic carbocycles. The summed E-state index contributed by atoms with van der Waals surface area (Å²) in [6.45, 7) is 8.86. The summed E-state index contributed by atoms with van der Waals surface area (Å²) in [7, 11) is 2.02. The lowest BCUT2D eigenvalue weighted by Crippen LogP contribution is -2.43. The van der Waals surface area contributed by atoms with Gasteiger partial charge in [0.25, 0.3) is 0 Å². The van der Waals surface area contributed by atoms with E-state index in [0.29, 0.717) is 25.2 Å². The third-order valence-electron chi connectivity index (χ3n) is 7.78. The van der Waals surface area contributed by atoms with Crippen LogP contribution >= 0.6 is 15.9 Å². The van der Waals surface area contributed by atoms with E-state index in [-0.39, 0.29) is 34.1 Å². The minimum absolute atomic E-state index is 0.125. The monoisotopic (exact) mass is 565 g/mol. The topological polar surface area (TPSA) is 46.6 Å². The van der Waals surface area contributed by atoms with Crippen molar-refractivity contribution in [2.45, 2.75) is 65.9 Å². The van der Waals surface area contributed by atoms with Gasteiger partial charge in [0.2, 0.25) is 0 Å². The molecule has 0 unspecified atom stereocenters. The van der Waals surface area contributed by atoms with Gasteiger partial charge in [0, 0.05) is 48.3 Å². The van der Waals surface area contributed by atoms with Gasteiger partial charge in [0.1, 0.15) is 18.2 Å². The van der Waals surface area contributed by atoms with Gasteiger partial charge in [-0.1, -0.05) is 45.9 Å². The average molecular weight is 567 g/mol. The standard InChI is InChI=1S/C31H33BrFNO3/c1-30(2)13-22-28(24(35)15-30)27(29-23(34(22)5)14-31(3,4)16-25(29)36)19-8-11-26(21(32)12-19)37-17-18-6-9-20(33)10-7-18/h6-12,27H,13-17H2,1-5H3. The predicted molar refractivity (Wildman–Crippen MR) is 145 cm³/mol. The second kappa shape index (κ2) is 9.23. The van der Waals surface area contributed by atoms with Gasteiger partial charge in [-0.2, -0.15) is 0 Å². The number of halogens is 2. The van der Waals surface area contributed by atoms with Gasteiger partial charge in [-0.05, 0) is 75.0 Å². The van der Waals surface area contributed by atoms with Crippen LogP contribution < -0.4 is 4.74 Å². The first-order valence-electron chi connectivity index (χ1n) is 12.8. The second-order valence-electron chi connectivity index (χ2n) is 12.2. The van der Waals surface area contributed by atoms with Crippen molar-refractivity contribution in [3.8, 4) is 5.75 Å². The number of allylic oxidation sites excluding steroid dienone is 4. The molecule has 0 saturated carbocycles. The number of carbonyl (C=O) groups is 2. The molecule has 1 heterocycles. The first-order valence-corrected chi connectivity index (χ1v) is 13.6. The molecule has 3 aliphatic rings. The lowest BCUT2D eigenvalue weighted by atomic mass is 9.64. The molecule has 5 rings (SSSR count). The summed E-state index contributed by atoms with van der Waals surface area (Å²) >= 11 is 3.66. The Balaban J connectivity index is 1.56. The molecule has 2 aromatic carbocycles. The van der Waals surface area contributed by atoms with E-state index in [1.165, 1.54) is 12.1 Å². The van der Waals surface area contributed by atoms with Crippen molar-refractivity contribution < 1.29 is 18.7 Å². The fourth-order valence-corrected chi connectivity index (χ4v) is 6.56. The lowest BCUT2D eigenvalue weighted by molar-refractivity contribution is -0.119. The van der Waals surface area contributed by atoms with Gasteiger partial charge in [-0.25, -0.2) is 4.39 Å². The fraction of sp³-hybridized carbons (Fsp3) is 0.419. The number of ketones is 2. The zero-order chi connectivity index (χ0) is 26.7. The van der Waals surface area contributed by atoms with Gasteiger partial charge in [0.15, 0.2) is 11.6 Å². The molecule has 0 fully saturated rings. The zero-order valence-corrected chi connectivity index (χ0v) is 23.7. The van der Waals surface area contributed by atoms with Gasteiger partial charge < -0.3 is 9.64 Å². The Labute approximate surface area is 226 Å². The van der Waals surface area contributed by atoms with Crippen LogP contribution in [0.5, 0.6) is 5.75 Å². The SMILES string of the molecule is CN1C2=C(C(=O)CC(C)(C)C2)C(c2ccc(OCc3ccc(F)cc3)c(Br)c2)C2=C1CC(C)(C)CC2=O. The molecule has 6 heteroatoms. The minimum atomic E-state index is -0.379. The molecule has 0 N–H and O–H groups in total. The first-order chi connectivity index (χ1) is 17.3. The van der Waals surface area contributed by atoms with E-state index in [4.69, 9.17) is 4.74 Å². The van der Waals surface area contributed by atoms with Crippen molar-refractivity contribution in [2.75, 3.05) is 7.05 Å². The summed E-state index contributed by atoms with van der Waals surface area (Å²) in [4.78, 5) is 29.4. The highest BCUT2D eigenvalue weighted by Gasteiger charge is 2.48. The quantitative estimate of drug-likeness (QED) is 0.385. The number of rotatable bonds is 4. The van der Waals surface area contributed by atoms with E-state index in [1.54, 1.807) is 12.1 Å². The molecule has 0 spiro atoms. The molecule has 0 aromatic heterocycles. The van der Waals surface area contributed by atoms with Crippen LogP contribution in [-0.4, -0.2) is 23.5 Å². The predicted octanol–water partition coefficient (Wildman–Crippen LogP) is 7.48. The Hall–Kier alpha value is -2.73. The summed E-state index contributed by atoms with van der Waals surface area (Å²) in [5, 5.41) is 0. The van der Waals surface area contributed by atoms with Crippen LogP contribution in [0.2, 0.25) is 0 Å². The molecule has 2 aromatic rings. The smallest absolute Gasteiger partial charge is 0.162 e. The van der Waals surface area contributed by atoms with Crippen molar-refractivity contribution in [1.82, 2.24) is 4.90 Å². The van der Waals surface area contributed by atoms with Crippen molar-refractivity contribution >= 4 is 27.5 Å². The van der Waals surface area contributed by atoms with E-state index in [9.17, 15) is 14.0 Å². The molecule has 0 atom stereocenters. The summed E-state index contributed by atoms with van der Waals surface area (Å²) in [6.07, 6.45) is 2.54. The van der Waals surface area contributed by atoms with Crippen molar-refractivity contribution in [3.05, 3.63) is 86.4 Å². The molecule has 194 valence electrons. The molecule has 1 aliphatic heterocycles. The summed E-state index contributed by atoms with van der Waals surface area (Å²) in [6, 6.07) is 12.1. The molecule has 0 amide bonds. The Bertz CT molecular complexity index is 1300. The Kier molecular flexibility index (Phi) is 6.46. The normalized spacial score (nSPS) is 21.2. The number of hydrogen-bond donors (Lipinski definition) is 0. The van der Waals surface area contributed by atoms with Crippen molar-refractivity contribution in [3.63, 3.8) is 0 Å². The maximum Gasteiger partial charge on any atom is 0.162 e. The van der Waals surface area contributed by atoms with Gasteiger partial charge in [-0.15, -0.1) is 0 Å². The minimum Gasteiger partial charge on any atom is -0.488 e. The number of Topliss-reactive ketones (excluding diaryl/α,β-unsaturated/α-hetero) is 2. The highest BCUT2D eigenvalue weighted by molar-refractivity contribution is 9.10. The third-order valence-corrected chi connectivity index (χ3v) is 8.40. The van der Waals surface area contributed by atoms with Crippen LogP contribution in [0.25, 0.3) is 0 Å². The third kappa shape index (κ3) is 4.93. The van der Waals surface area contributed by atoms with Gasteiger partial charge in [-0.3, -0.25) is 9.59 Å². The summed E-state index contributed by atoms with van der Waals surface area (Å²) < 4.78 is 20.0. The second-order valence-corrected chi connectivity index (χ2v) is 13.1. The number of ether oxygens (including phenoxy) is 1. The van der Waals surface area contributed by atoms with Gasteiger partial charge >= 0.3 is 0 Å². The molecule has 0 bridgehead atoms. The van der Waals surface area contributed by atoms with Crippen LogP contribution in [0, 0.1) is 16.6 Å². The molecule has 0 radical (unpaired) electrons. The summed E-state index contributed by atoms with van der Waals surface area (Å²) in [5.74, 6) is 0.239. The fourth-order valence-electron chi connectivity index (χ4n) is 6.05. The van der Waals surface area contributed by atoms with E-state index in [2.05, 4.69) is 48.5 Å². The molecule has 37 heavy (non-hydrogen) atoms. The lowest BCUT2D eigenvalue weighted by Gasteiger charge is -2.47. The molecule has 4 nitrogen and oxygen atoms in total. The van der Waals surface area contributed by atoms with E-state index in [0.717, 1.165) is 51.0 Å². The van der Waals surface area contributed by atoms with Crippen LogP contribution in [0.15, 0.2) is 69.5 Å². The van der Waals surface area contributed by atoms with Crippen LogP contribution in [0.3, 0.4) is 0 Å². The average Bonchev–Trinajstić information content (AvgIpc) is 2.79. The largest absolute Gasteiger partial charge is 0.488 e. The Morgan fingerprint density at radius 3 is 1.95 bits per heavy atom. The maximum absolute atomic E-state index is 13.6. The van der Waals surface area contributed by atoms with Crippen LogP contribution in [0.1, 0.15) is 70.4 Å². The van der Waals surface area contributed by atoms with Crippen molar-refractivity contribution in [1.29, 1.82) is 0 Å². The molecular weight excluding hydrogens is 533 g/mol. The van der Waals surface area contributed by atoms with Gasteiger partial charge in [0.05, 0.1) is 4.47 Å². The van der Waals surface area contributed by atoms with Crippen LogP contribution in [-0.2, 0) is 16.2 Å². The maximum atomic E-state index is 13.6. The van der Waals surface area contributed by atoms with E-state index >= 15 is 0 Å². The molecular formula is C31H33BrFNO3. The Morgan fingerprint density at radius 1 is 0.892 bits per heavy atom. The zero-order valence-electron chi connectivity index (χ0n) is 22.1. The number of benzene rings is 2. The Morgan fingerprint density at radius 2 is 1.43 bits per heavy atom. The van der Waals surface area contributed by atoms with Crippen molar-refractivity contribution in [2.24, 2.45) is 10.8 Å². The van der Waals surface area contributed by atoms with Crippen LogP contribution in [0.4, 0.5) is 4.39 Å². The first kappa shape index (κ1) is 25.9. The van der Waals surface area contributed by atoms with E-state index in [1.807, 2.05) is 25.2 Å². The molecule has 0 saturated heterocycles. The van der Waals surface area contributed by atoms with E-state index < -0.39 is 0 Å². The number of hydrogen-bond acceptors (Lipinski definition) is 4. The highest BCUT2D eigenvalue weighted by atomic mass is 79.9.